The van der Waals surface area contributed by atoms with Crippen molar-refractivity contribution in [1.29, 1.82) is 0 Å². The number of rotatable bonds is 7. The molecule has 0 aromatic heterocycles. The summed E-state index contributed by atoms with van der Waals surface area (Å²) >= 11 is 0. The van der Waals surface area contributed by atoms with Gasteiger partial charge in [0.1, 0.15) is 19.0 Å². The van der Waals surface area contributed by atoms with Crippen LogP contribution in [0.5, 0.6) is 17.2 Å². The molecule has 0 radical (unpaired) electrons. The maximum Gasteiger partial charge on any atom is 0.344 e. The molecular weight excluding hydrogens is 368 g/mol. The van der Waals surface area contributed by atoms with E-state index >= 15 is 0 Å². The van der Waals surface area contributed by atoms with Crippen LogP contribution in [0, 0.1) is 0 Å². The third-order valence-corrected chi connectivity index (χ3v) is 3.69. The van der Waals surface area contributed by atoms with Gasteiger partial charge in [-0.15, -0.1) is 0 Å². The fraction of sp³-hybridized carbons (Fsp3) is 0.211. The van der Waals surface area contributed by atoms with Crippen molar-refractivity contribution in [3.05, 3.63) is 48.0 Å². The van der Waals surface area contributed by atoms with Crippen molar-refractivity contribution in [2.75, 3.05) is 31.7 Å². The molecule has 1 aliphatic rings. The van der Waals surface area contributed by atoms with Crippen LogP contribution in [0.3, 0.4) is 0 Å². The molecule has 0 atom stereocenters. The Morgan fingerprint density at radius 3 is 2.54 bits per heavy atom. The van der Waals surface area contributed by atoms with Gasteiger partial charge in [0.2, 0.25) is 0 Å². The number of hydrogen-bond donors (Lipinski definition) is 2. The lowest BCUT2D eigenvalue weighted by Crippen LogP contribution is -2.24. The van der Waals surface area contributed by atoms with Gasteiger partial charge < -0.3 is 30.0 Å². The molecule has 9 nitrogen and oxygen atoms in total. The number of amides is 2. The molecule has 0 saturated carbocycles. The van der Waals surface area contributed by atoms with E-state index in [0.29, 0.717) is 30.4 Å². The van der Waals surface area contributed by atoms with Crippen molar-refractivity contribution < 1.29 is 33.3 Å². The lowest BCUT2D eigenvalue weighted by molar-refractivity contribution is -0.149. The highest BCUT2D eigenvalue weighted by atomic mass is 16.6. The Hall–Kier alpha value is -3.75. The first-order chi connectivity index (χ1) is 13.5. The van der Waals surface area contributed by atoms with E-state index in [2.05, 4.69) is 5.32 Å². The topological polar surface area (TPSA) is 126 Å². The van der Waals surface area contributed by atoms with Crippen LogP contribution in [-0.4, -0.2) is 44.2 Å². The molecule has 1 heterocycles. The number of fused-ring (bicyclic) bond motifs is 1. The maximum atomic E-state index is 11.9. The number of carbonyl (C=O) groups excluding carboxylic acids is 3. The molecule has 1 aliphatic heterocycles. The first-order valence-electron chi connectivity index (χ1n) is 8.39. The van der Waals surface area contributed by atoms with E-state index in [1.165, 1.54) is 12.1 Å². The molecule has 0 unspecified atom stereocenters. The Bertz CT molecular complexity index is 898. The molecule has 3 rings (SSSR count). The second kappa shape index (κ2) is 8.76. The second-order valence-corrected chi connectivity index (χ2v) is 5.72. The number of anilines is 1. The Labute approximate surface area is 160 Å². The zero-order valence-electron chi connectivity index (χ0n) is 14.8. The standard InChI is InChI=1S/C19H18N2O7/c20-19(24)13-3-1-2-4-14(13)27-11-18(23)28-10-17(22)21-12-5-6-15-16(9-12)26-8-7-25-15/h1-6,9H,7-8,10-11H2,(H2,20,24)(H,21,22). The van der Waals surface area contributed by atoms with Crippen LogP contribution in [0.4, 0.5) is 5.69 Å². The first-order valence-corrected chi connectivity index (χ1v) is 8.39. The molecule has 28 heavy (non-hydrogen) atoms. The molecule has 9 heteroatoms. The van der Waals surface area contributed by atoms with Crippen LogP contribution in [0.25, 0.3) is 0 Å². The summed E-state index contributed by atoms with van der Waals surface area (Å²) in [5.74, 6) is -0.679. The number of ether oxygens (including phenoxy) is 4. The molecule has 2 aromatic rings. The molecule has 0 fully saturated rings. The number of nitrogens with two attached hydrogens (primary N) is 1. The quantitative estimate of drug-likeness (QED) is 0.683. The summed E-state index contributed by atoms with van der Waals surface area (Å²) in [6.45, 7) is -0.0583. The van der Waals surface area contributed by atoms with E-state index in [1.54, 1.807) is 30.3 Å². The van der Waals surface area contributed by atoms with Crippen LogP contribution in [0.1, 0.15) is 10.4 Å². The first kappa shape index (κ1) is 19.0. The van der Waals surface area contributed by atoms with Crippen molar-refractivity contribution in [1.82, 2.24) is 0 Å². The summed E-state index contributed by atoms with van der Waals surface area (Å²) in [5.41, 5.74) is 5.86. The van der Waals surface area contributed by atoms with Crippen molar-refractivity contribution in [2.45, 2.75) is 0 Å². The van der Waals surface area contributed by atoms with Crippen LogP contribution in [0.15, 0.2) is 42.5 Å². The van der Waals surface area contributed by atoms with E-state index in [9.17, 15) is 14.4 Å². The van der Waals surface area contributed by atoms with E-state index < -0.39 is 31.0 Å². The van der Waals surface area contributed by atoms with Crippen molar-refractivity contribution in [2.24, 2.45) is 5.73 Å². The maximum absolute atomic E-state index is 11.9. The Balaban J connectivity index is 1.46. The van der Waals surface area contributed by atoms with Crippen LogP contribution < -0.4 is 25.3 Å². The lowest BCUT2D eigenvalue weighted by atomic mass is 10.2. The molecule has 0 saturated heterocycles. The molecular formula is C19H18N2O7. The summed E-state index contributed by atoms with van der Waals surface area (Å²) in [5, 5.41) is 2.59. The molecule has 0 spiro atoms. The predicted octanol–water partition coefficient (Wildman–Crippen LogP) is 1.12. The van der Waals surface area contributed by atoms with Crippen molar-refractivity contribution >= 4 is 23.5 Å². The van der Waals surface area contributed by atoms with Crippen molar-refractivity contribution in [3.8, 4) is 17.2 Å². The van der Waals surface area contributed by atoms with Gasteiger partial charge in [0.15, 0.2) is 24.7 Å². The lowest BCUT2D eigenvalue weighted by Gasteiger charge is -2.19. The number of primary amides is 1. The average molecular weight is 386 g/mol. The van der Waals surface area contributed by atoms with Crippen LogP contribution in [-0.2, 0) is 14.3 Å². The van der Waals surface area contributed by atoms with Gasteiger partial charge in [-0.05, 0) is 24.3 Å². The normalized spacial score (nSPS) is 12.0. The summed E-state index contributed by atoms with van der Waals surface area (Å²) < 4.78 is 20.9. The molecule has 0 bridgehead atoms. The number of hydrogen-bond acceptors (Lipinski definition) is 7. The number of nitrogens with one attached hydrogen (secondary N) is 1. The van der Waals surface area contributed by atoms with Gasteiger partial charge in [0.05, 0.1) is 5.56 Å². The van der Waals surface area contributed by atoms with Gasteiger partial charge in [-0.1, -0.05) is 12.1 Å². The van der Waals surface area contributed by atoms with Gasteiger partial charge >= 0.3 is 5.97 Å². The van der Waals surface area contributed by atoms with Gasteiger partial charge in [-0.2, -0.15) is 0 Å². The number of carbonyl (C=O) groups is 3. The third kappa shape index (κ3) is 4.91. The van der Waals surface area contributed by atoms with Crippen LogP contribution >= 0.6 is 0 Å². The molecule has 2 aromatic carbocycles. The minimum Gasteiger partial charge on any atom is -0.486 e. The molecule has 146 valence electrons. The highest BCUT2D eigenvalue weighted by Gasteiger charge is 2.15. The molecule has 3 N–H and O–H groups in total. The average Bonchev–Trinajstić information content (AvgIpc) is 2.70. The Morgan fingerprint density at radius 1 is 1.00 bits per heavy atom. The summed E-state index contributed by atoms with van der Waals surface area (Å²) in [6.07, 6.45) is 0. The smallest absolute Gasteiger partial charge is 0.344 e. The Kier molecular flexibility index (Phi) is 5.95. The summed E-state index contributed by atoms with van der Waals surface area (Å²) in [6, 6.07) is 11.2. The summed E-state index contributed by atoms with van der Waals surface area (Å²) in [7, 11) is 0. The van der Waals surface area contributed by atoms with Gasteiger partial charge in [0.25, 0.3) is 11.8 Å². The van der Waals surface area contributed by atoms with Crippen molar-refractivity contribution in [3.63, 3.8) is 0 Å². The number of benzene rings is 2. The highest BCUT2D eigenvalue weighted by molar-refractivity contribution is 5.95. The Morgan fingerprint density at radius 2 is 1.75 bits per heavy atom. The minimum atomic E-state index is -0.767. The van der Waals surface area contributed by atoms with E-state index in [-0.39, 0.29) is 11.3 Å². The fourth-order valence-electron chi connectivity index (χ4n) is 2.44. The predicted molar refractivity (Wildman–Crippen MR) is 97.5 cm³/mol. The van der Waals surface area contributed by atoms with Gasteiger partial charge in [0, 0.05) is 11.8 Å². The second-order valence-electron chi connectivity index (χ2n) is 5.72. The fourth-order valence-corrected chi connectivity index (χ4v) is 2.44. The monoisotopic (exact) mass is 386 g/mol. The van der Waals surface area contributed by atoms with E-state index in [4.69, 9.17) is 24.7 Å². The van der Waals surface area contributed by atoms with Crippen LogP contribution in [0.2, 0.25) is 0 Å². The minimum absolute atomic E-state index is 0.145. The highest BCUT2D eigenvalue weighted by Crippen LogP contribution is 2.32. The zero-order chi connectivity index (χ0) is 19.9. The molecule has 2 amide bonds. The number of para-hydroxylation sites is 1. The zero-order valence-corrected chi connectivity index (χ0v) is 14.8. The molecule has 0 aliphatic carbocycles. The van der Waals surface area contributed by atoms with Gasteiger partial charge in [-0.3, -0.25) is 9.59 Å². The largest absolute Gasteiger partial charge is 0.486 e. The summed E-state index contributed by atoms with van der Waals surface area (Å²) in [4.78, 5) is 35.0. The van der Waals surface area contributed by atoms with Gasteiger partial charge in [-0.25, -0.2) is 4.79 Å². The third-order valence-electron chi connectivity index (χ3n) is 3.69. The van der Waals surface area contributed by atoms with E-state index in [1.807, 2.05) is 0 Å². The van der Waals surface area contributed by atoms with E-state index in [0.717, 1.165) is 0 Å². The SMILES string of the molecule is NC(=O)c1ccccc1OCC(=O)OCC(=O)Nc1ccc2c(c1)OCCO2. The number of esters is 1.